The van der Waals surface area contributed by atoms with Gasteiger partial charge in [-0.05, 0) is 22.7 Å². The number of amides is 2. The van der Waals surface area contributed by atoms with Crippen LogP contribution in [0.15, 0.2) is 0 Å². The Morgan fingerprint density at radius 1 is 1.19 bits per heavy atom. The second kappa shape index (κ2) is 4.92. The maximum Gasteiger partial charge on any atom is 0.315 e. The van der Waals surface area contributed by atoms with Gasteiger partial charge in [-0.15, -0.1) is 0 Å². The van der Waals surface area contributed by atoms with Gasteiger partial charge in [0.15, 0.2) is 0 Å². The zero-order chi connectivity index (χ0) is 16.2. The molecular weight excluding hydrogens is 278 g/mol. The Morgan fingerprint density at radius 3 is 2.05 bits per heavy atom. The van der Waals surface area contributed by atoms with Crippen LogP contribution in [0.25, 0.3) is 0 Å². The molecule has 0 bridgehead atoms. The summed E-state index contributed by atoms with van der Waals surface area (Å²) in [4.78, 5) is 25.6. The summed E-state index contributed by atoms with van der Waals surface area (Å²) < 4.78 is 24.9. The summed E-state index contributed by atoms with van der Waals surface area (Å²) in [6.07, 6.45) is -3.10. The van der Waals surface area contributed by atoms with E-state index in [2.05, 4.69) is 19.2 Å². The molecule has 6 heteroatoms. The third-order valence-electron chi connectivity index (χ3n) is 5.03. The summed E-state index contributed by atoms with van der Waals surface area (Å²) >= 11 is 0. The fourth-order valence-corrected chi connectivity index (χ4v) is 3.35. The number of carbonyl (C=O) groups is 2. The summed E-state index contributed by atoms with van der Waals surface area (Å²) in [5.41, 5.74) is -0.329. The zero-order valence-electron chi connectivity index (χ0n) is 13.2. The lowest BCUT2D eigenvalue weighted by Crippen LogP contribution is -2.56. The molecule has 1 saturated carbocycles. The summed E-state index contributed by atoms with van der Waals surface area (Å²) in [5.74, 6) is -0.645. The molecule has 0 radical (unpaired) electrons. The van der Waals surface area contributed by atoms with Gasteiger partial charge in [0.25, 0.3) is 5.91 Å². The van der Waals surface area contributed by atoms with Crippen molar-refractivity contribution in [2.45, 2.75) is 47.1 Å². The van der Waals surface area contributed by atoms with Crippen LogP contribution in [0.1, 0.15) is 34.6 Å². The number of hydrogen-bond donors (Lipinski definition) is 1. The Bertz CT molecular complexity index is 443. The molecule has 2 aliphatic rings. The smallest absolute Gasteiger partial charge is 0.315 e. The van der Waals surface area contributed by atoms with E-state index < -0.39 is 23.8 Å². The van der Waals surface area contributed by atoms with Crippen LogP contribution in [0, 0.1) is 22.7 Å². The predicted molar refractivity (Wildman–Crippen MR) is 74.7 cm³/mol. The number of hydrogen-bond acceptors (Lipinski definition) is 2. The maximum absolute atomic E-state index is 12.6. The molecule has 2 fully saturated rings. The molecule has 1 saturated heterocycles. The highest BCUT2D eigenvalue weighted by Crippen LogP contribution is 2.62. The molecular formula is C15H24F2N2O2. The van der Waals surface area contributed by atoms with E-state index in [4.69, 9.17) is 0 Å². The maximum atomic E-state index is 12.6. The molecule has 0 aromatic heterocycles. The van der Waals surface area contributed by atoms with Crippen LogP contribution in [-0.2, 0) is 9.59 Å². The first kappa shape index (κ1) is 16.2. The molecule has 4 nitrogen and oxygen atoms in total. The first-order chi connectivity index (χ1) is 9.46. The fourth-order valence-electron chi connectivity index (χ4n) is 3.35. The minimum absolute atomic E-state index is 0.250. The van der Waals surface area contributed by atoms with Crippen molar-refractivity contribution in [3.63, 3.8) is 0 Å². The molecule has 1 N–H and O–H groups in total. The van der Waals surface area contributed by atoms with Crippen LogP contribution in [0.5, 0.6) is 0 Å². The predicted octanol–water partition coefficient (Wildman–Crippen LogP) is 1.90. The van der Waals surface area contributed by atoms with Crippen molar-refractivity contribution in [2.24, 2.45) is 22.7 Å². The third kappa shape index (κ3) is 2.90. The Labute approximate surface area is 124 Å². The normalized spacial score (nSPS) is 28.3. The van der Waals surface area contributed by atoms with E-state index >= 15 is 0 Å². The lowest BCUT2D eigenvalue weighted by atomic mass is 9.85. The minimum Gasteiger partial charge on any atom is -0.340 e. The van der Waals surface area contributed by atoms with E-state index in [1.807, 2.05) is 0 Å². The SMILES string of the molecule is CC(C)(C)C(NC(=O)C(F)F)C(=O)N1CC2C(C1)C2(C)C. The average molecular weight is 302 g/mol. The van der Waals surface area contributed by atoms with Gasteiger partial charge in [0.05, 0.1) is 0 Å². The number of fused-ring (bicyclic) bond motifs is 1. The van der Waals surface area contributed by atoms with Gasteiger partial charge in [0, 0.05) is 13.1 Å². The van der Waals surface area contributed by atoms with Crippen molar-refractivity contribution in [3.05, 3.63) is 0 Å². The van der Waals surface area contributed by atoms with Gasteiger partial charge in [0.1, 0.15) is 6.04 Å². The molecule has 0 aromatic carbocycles. The van der Waals surface area contributed by atoms with Gasteiger partial charge in [-0.25, -0.2) is 0 Å². The fraction of sp³-hybridized carbons (Fsp3) is 0.867. The first-order valence-corrected chi connectivity index (χ1v) is 7.33. The topological polar surface area (TPSA) is 49.4 Å². The standard InChI is InChI=1S/C15H24F2N2O2/c1-14(2,3)10(18-12(20)11(16)17)13(21)19-6-8-9(7-19)15(8,4)5/h8-11H,6-7H2,1-5H3,(H,18,20). The van der Waals surface area contributed by atoms with Gasteiger partial charge < -0.3 is 10.2 Å². The first-order valence-electron chi connectivity index (χ1n) is 7.33. The second-order valence-corrected chi connectivity index (χ2v) is 7.89. The molecule has 2 amide bonds. The number of rotatable bonds is 3. The second-order valence-electron chi connectivity index (χ2n) is 7.89. The number of alkyl halides is 2. The van der Waals surface area contributed by atoms with Crippen LogP contribution in [0.3, 0.4) is 0 Å². The number of halogens is 2. The van der Waals surface area contributed by atoms with E-state index in [9.17, 15) is 18.4 Å². The van der Waals surface area contributed by atoms with Gasteiger partial charge in [-0.1, -0.05) is 34.6 Å². The number of piperidine rings is 1. The number of nitrogens with zero attached hydrogens (tertiary/aromatic N) is 1. The average Bonchev–Trinajstić information content (AvgIpc) is 2.75. The van der Waals surface area contributed by atoms with Crippen molar-refractivity contribution < 1.29 is 18.4 Å². The molecule has 2 rings (SSSR count). The lowest BCUT2D eigenvalue weighted by Gasteiger charge is -2.34. The monoisotopic (exact) mass is 302 g/mol. The van der Waals surface area contributed by atoms with Crippen LogP contribution in [0.4, 0.5) is 8.78 Å². The molecule has 3 unspecified atom stereocenters. The van der Waals surface area contributed by atoms with Crippen LogP contribution in [0.2, 0.25) is 0 Å². The summed E-state index contributed by atoms with van der Waals surface area (Å²) in [5, 5.41) is 2.20. The Hall–Kier alpha value is -1.20. The van der Waals surface area contributed by atoms with E-state index in [0.717, 1.165) is 0 Å². The Balaban J connectivity index is 2.05. The number of likely N-dealkylation sites (tertiary alicyclic amines) is 1. The summed E-state index contributed by atoms with van der Waals surface area (Å²) in [7, 11) is 0. The summed E-state index contributed by atoms with van der Waals surface area (Å²) in [6, 6.07) is -0.917. The number of nitrogens with one attached hydrogen (secondary N) is 1. The largest absolute Gasteiger partial charge is 0.340 e. The van der Waals surface area contributed by atoms with Gasteiger partial charge >= 0.3 is 6.43 Å². The Morgan fingerprint density at radius 2 is 1.67 bits per heavy atom. The molecule has 120 valence electrons. The quantitative estimate of drug-likeness (QED) is 0.865. The van der Waals surface area contributed by atoms with Crippen molar-refractivity contribution in [3.8, 4) is 0 Å². The van der Waals surface area contributed by atoms with Gasteiger partial charge in [-0.2, -0.15) is 8.78 Å². The van der Waals surface area contributed by atoms with Crippen molar-refractivity contribution in [1.29, 1.82) is 0 Å². The molecule has 3 atom stereocenters. The zero-order valence-corrected chi connectivity index (χ0v) is 13.2. The van der Waals surface area contributed by atoms with Crippen molar-refractivity contribution in [1.82, 2.24) is 10.2 Å². The van der Waals surface area contributed by atoms with E-state index in [1.54, 1.807) is 25.7 Å². The van der Waals surface area contributed by atoms with Gasteiger partial charge in [-0.3, -0.25) is 9.59 Å². The highest BCUT2D eigenvalue weighted by molar-refractivity contribution is 5.89. The number of carbonyl (C=O) groups excluding carboxylic acids is 2. The molecule has 1 aliphatic carbocycles. The lowest BCUT2D eigenvalue weighted by molar-refractivity contribution is -0.142. The van der Waals surface area contributed by atoms with Gasteiger partial charge in [0.2, 0.25) is 5.91 Å². The van der Waals surface area contributed by atoms with E-state index in [1.165, 1.54) is 0 Å². The van der Waals surface area contributed by atoms with Crippen molar-refractivity contribution in [2.75, 3.05) is 13.1 Å². The van der Waals surface area contributed by atoms with E-state index in [0.29, 0.717) is 24.9 Å². The highest BCUT2D eigenvalue weighted by atomic mass is 19.3. The highest BCUT2D eigenvalue weighted by Gasteiger charge is 2.63. The van der Waals surface area contributed by atoms with Crippen LogP contribution in [-0.4, -0.2) is 42.3 Å². The molecule has 0 spiro atoms. The van der Waals surface area contributed by atoms with Crippen LogP contribution < -0.4 is 5.32 Å². The van der Waals surface area contributed by atoms with Crippen LogP contribution >= 0.6 is 0 Å². The van der Waals surface area contributed by atoms with Crippen molar-refractivity contribution >= 4 is 11.8 Å². The minimum atomic E-state index is -3.10. The molecule has 21 heavy (non-hydrogen) atoms. The summed E-state index contributed by atoms with van der Waals surface area (Å²) in [6.45, 7) is 11.0. The van der Waals surface area contributed by atoms with E-state index in [-0.39, 0.29) is 11.3 Å². The molecule has 0 aromatic rings. The Kier molecular flexibility index (Phi) is 3.79. The third-order valence-corrected chi connectivity index (χ3v) is 5.03. The molecule has 1 heterocycles. The molecule has 1 aliphatic heterocycles.